The highest BCUT2D eigenvalue weighted by Gasteiger charge is 2.48. The van der Waals surface area contributed by atoms with Gasteiger partial charge in [-0.25, -0.2) is 4.79 Å². The van der Waals surface area contributed by atoms with Gasteiger partial charge in [-0.2, -0.15) is 0 Å². The van der Waals surface area contributed by atoms with Crippen molar-refractivity contribution in [1.29, 1.82) is 0 Å². The molecule has 100 valence electrons. The van der Waals surface area contributed by atoms with Gasteiger partial charge in [0.25, 0.3) is 5.91 Å². The second-order valence-electron chi connectivity index (χ2n) is 5.05. The normalized spacial score (nSPS) is 24.9. The summed E-state index contributed by atoms with van der Waals surface area (Å²) in [5, 5.41) is 4.96. The third-order valence-electron chi connectivity index (χ3n) is 2.52. The van der Waals surface area contributed by atoms with Crippen molar-refractivity contribution in [3.8, 4) is 0 Å². The molecule has 2 N–H and O–H groups in total. The van der Waals surface area contributed by atoms with Crippen molar-refractivity contribution in [2.45, 2.75) is 31.3 Å². The van der Waals surface area contributed by atoms with Crippen molar-refractivity contribution in [3.63, 3.8) is 0 Å². The minimum absolute atomic E-state index is 0.0362. The topological polar surface area (TPSA) is 61.4 Å². The first-order valence-corrected chi connectivity index (χ1v) is 7.76. The lowest BCUT2D eigenvalue weighted by atomic mass is 10.1. The number of rotatable bonds is 5. The first-order valence-electron chi connectivity index (χ1n) is 5.60. The lowest BCUT2D eigenvalue weighted by Gasteiger charge is -2.22. The average molecular weight is 287 g/mol. The van der Waals surface area contributed by atoms with Gasteiger partial charge in [0, 0.05) is 18.6 Å². The average Bonchev–Trinajstić information content (AvgIpc) is 2.52. The maximum absolute atomic E-state index is 12.2. The molecule has 1 aliphatic heterocycles. The summed E-state index contributed by atoms with van der Waals surface area (Å²) >= 11 is 0. The molecule has 0 aliphatic carbocycles. The van der Waals surface area contributed by atoms with E-state index in [1.54, 1.807) is 0 Å². The van der Waals surface area contributed by atoms with Crippen LogP contribution >= 0.6 is 16.4 Å². The molecule has 1 fully saturated rings. The highest BCUT2D eigenvalue weighted by Crippen LogP contribution is 2.37. The van der Waals surface area contributed by atoms with Crippen molar-refractivity contribution < 1.29 is 9.59 Å². The van der Waals surface area contributed by atoms with Crippen LogP contribution in [0.3, 0.4) is 0 Å². The predicted octanol–water partition coefficient (Wildman–Crippen LogP) is 1.34. The molecule has 1 saturated heterocycles. The summed E-state index contributed by atoms with van der Waals surface area (Å²) < 4.78 is 0. The number of hydrogen-bond donors (Lipinski definition) is 2. The first-order chi connectivity index (χ1) is 8.25. The summed E-state index contributed by atoms with van der Waals surface area (Å²) in [6, 6.07) is -0.358. The summed E-state index contributed by atoms with van der Waals surface area (Å²) in [6.07, 6.45) is 7.39. The molecule has 0 aromatic heterocycles. The Labute approximate surface area is 111 Å². The molecular weight excluding hydrogens is 268 g/mol. The van der Waals surface area contributed by atoms with Crippen LogP contribution in [0.1, 0.15) is 20.8 Å². The maximum Gasteiger partial charge on any atom is 0.326 e. The number of hydrogen-bond acceptors (Lipinski definition) is 3. The zero-order valence-corrected chi connectivity index (χ0v) is 12.8. The summed E-state index contributed by atoms with van der Waals surface area (Å²) in [5.74, 6) is -0.239. The minimum atomic E-state index is -0.960. The summed E-state index contributed by atoms with van der Waals surface area (Å²) in [5.41, 5.74) is -0.0362. The Bertz CT molecular complexity index is 382. The van der Waals surface area contributed by atoms with Gasteiger partial charge in [0.2, 0.25) is 5.02 Å². The fourth-order valence-corrected chi connectivity index (χ4v) is 2.82. The standard InChI is InChI=1S/C11H19N3O2P2/c1-10(2,3)12-6-7-14-8(15)11(17-4,18-5)13-9(14)16/h12H,4-7H2,1-3H3,(H,13,16). The Morgan fingerprint density at radius 2 is 1.89 bits per heavy atom. The molecule has 1 aliphatic rings. The number of imide groups is 1. The smallest absolute Gasteiger partial charge is 0.310 e. The summed E-state index contributed by atoms with van der Waals surface area (Å²) in [7, 11) is 1.13. The molecule has 0 atom stereocenters. The number of carbonyl (C=O) groups excluding carboxylic acids is 2. The van der Waals surface area contributed by atoms with E-state index in [2.05, 4.69) is 23.2 Å². The van der Waals surface area contributed by atoms with Gasteiger partial charge in [-0.3, -0.25) is 9.69 Å². The van der Waals surface area contributed by atoms with Crippen LogP contribution in [0.4, 0.5) is 4.79 Å². The van der Waals surface area contributed by atoms with Crippen molar-refractivity contribution >= 4 is 40.9 Å². The van der Waals surface area contributed by atoms with E-state index in [0.717, 1.165) is 0 Å². The van der Waals surface area contributed by atoms with Gasteiger partial charge >= 0.3 is 6.03 Å². The molecule has 3 amide bonds. The van der Waals surface area contributed by atoms with E-state index in [4.69, 9.17) is 0 Å². The monoisotopic (exact) mass is 287 g/mol. The first kappa shape index (κ1) is 15.3. The Morgan fingerprint density at radius 3 is 2.28 bits per heavy atom. The number of carbonyl (C=O) groups is 2. The lowest BCUT2D eigenvalue weighted by molar-refractivity contribution is -0.126. The van der Waals surface area contributed by atoms with Crippen LogP contribution in [-0.2, 0) is 4.79 Å². The Balaban J connectivity index is 2.68. The minimum Gasteiger partial charge on any atom is -0.310 e. The molecule has 18 heavy (non-hydrogen) atoms. The van der Waals surface area contributed by atoms with Crippen molar-refractivity contribution in [1.82, 2.24) is 15.5 Å². The Hall–Kier alpha value is -0.760. The Kier molecular flexibility index (Phi) is 4.66. The molecule has 1 rings (SSSR count). The van der Waals surface area contributed by atoms with Crippen LogP contribution < -0.4 is 10.6 Å². The SMILES string of the molecule is C=PC1(P=C)NC(=O)N(CCNC(C)(C)C)C1=O. The van der Waals surface area contributed by atoms with Gasteiger partial charge in [0.1, 0.15) is 0 Å². The molecule has 0 aromatic rings. The predicted molar refractivity (Wildman–Crippen MR) is 78.8 cm³/mol. The summed E-state index contributed by atoms with van der Waals surface area (Å²) in [4.78, 5) is 25.2. The molecule has 0 bridgehead atoms. The molecule has 0 saturated carbocycles. The van der Waals surface area contributed by atoms with Gasteiger partial charge in [0.15, 0.2) is 0 Å². The number of urea groups is 1. The molecule has 5 nitrogen and oxygen atoms in total. The van der Waals surface area contributed by atoms with E-state index < -0.39 is 5.02 Å². The van der Waals surface area contributed by atoms with E-state index in [-0.39, 0.29) is 17.5 Å². The van der Waals surface area contributed by atoms with Gasteiger partial charge < -0.3 is 10.6 Å². The second-order valence-corrected chi connectivity index (χ2v) is 7.38. The molecule has 0 spiro atoms. The van der Waals surface area contributed by atoms with Crippen LogP contribution in [0.5, 0.6) is 0 Å². The molecule has 1 heterocycles. The van der Waals surface area contributed by atoms with Crippen LogP contribution in [0.25, 0.3) is 0 Å². The van der Waals surface area contributed by atoms with Gasteiger partial charge in [-0.15, -0.1) is 0 Å². The fourth-order valence-electron chi connectivity index (χ4n) is 1.56. The van der Waals surface area contributed by atoms with Crippen LogP contribution in [-0.4, -0.2) is 53.1 Å². The fraction of sp³-hybridized carbons (Fsp3) is 0.636. The molecular formula is C11H19N3O2P2. The number of nitrogens with one attached hydrogen (secondary N) is 2. The van der Waals surface area contributed by atoms with Crippen LogP contribution in [0, 0.1) is 0 Å². The maximum atomic E-state index is 12.2. The van der Waals surface area contributed by atoms with E-state index in [1.807, 2.05) is 20.8 Å². The molecule has 0 aromatic carbocycles. The molecule has 0 radical (unpaired) electrons. The second kappa shape index (κ2) is 5.48. The zero-order valence-electron chi connectivity index (χ0n) is 11.0. The lowest BCUT2D eigenvalue weighted by Crippen LogP contribution is -2.43. The van der Waals surface area contributed by atoms with Crippen molar-refractivity contribution in [3.05, 3.63) is 0 Å². The van der Waals surface area contributed by atoms with E-state index in [0.29, 0.717) is 29.5 Å². The molecule has 0 unspecified atom stereocenters. The van der Waals surface area contributed by atoms with Crippen molar-refractivity contribution in [2.24, 2.45) is 0 Å². The van der Waals surface area contributed by atoms with Gasteiger partial charge in [-0.1, -0.05) is 29.0 Å². The largest absolute Gasteiger partial charge is 0.326 e. The van der Waals surface area contributed by atoms with E-state index in [1.165, 1.54) is 4.90 Å². The van der Waals surface area contributed by atoms with Crippen molar-refractivity contribution in [2.75, 3.05) is 13.1 Å². The van der Waals surface area contributed by atoms with Crippen LogP contribution in [0.2, 0.25) is 0 Å². The highest BCUT2D eigenvalue weighted by atomic mass is 31.1. The van der Waals surface area contributed by atoms with Gasteiger partial charge in [0.05, 0.1) is 0 Å². The third kappa shape index (κ3) is 3.17. The van der Waals surface area contributed by atoms with E-state index >= 15 is 0 Å². The van der Waals surface area contributed by atoms with Gasteiger partial charge in [-0.05, 0) is 20.8 Å². The third-order valence-corrected chi connectivity index (χ3v) is 4.89. The van der Waals surface area contributed by atoms with E-state index in [9.17, 15) is 9.59 Å². The molecule has 7 heteroatoms. The summed E-state index contributed by atoms with van der Waals surface area (Å²) in [6.45, 7) is 7.03. The number of amides is 3. The van der Waals surface area contributed by atoms with Crippen LogP contribution in [0.15, 0.2) is 0 Å². The highest BCUT2D eigenvalue weighted by molar-refractivity contribution is 7.59. The zero-order chi connectivity index (χ0) is 14.0. The Morgan fingerprint density at radius 1 is 1.33 bits per heavy atom. The quantitative estimate of drug-likeness (QED) is 0.592. The number of nitrogens with zero attached hydrogens (tertiary/aromatic N) is 1.